The second-order valence-corrected chi connectivity index (χ2v) is 11.2. The third-order valence-electron chi connectivity index (χ3n) is 5.99. The first-order chi connectivity index (χ1) is 15.2. The Bertz CT molecular complexity index is 1260. The Morgan fingerprint density at radius 2 is 1.93 bits per heavy atom. The summed E-state index contributed by atoms with van der Waals surface area (Å²) in [6.45, 7) is 1.42. The van der Waals surface area contributed by atoms with Crippen molar-refractivity contribution >= 4 is 23.6 Å². The summed E-state index contributed by atoms with van der Waals surface area (Å²) in [4.78, 5) is 25.8. The summed E-state index contributed by atoms with van der Waals surface area (Å²) in [5.41, 5.74) is -0.600. The Kier molecular flexibility index (Phi) is 4.36. The highest BCUT2D eigenvalue weighted by Crippen LogP contribution is 2.56. The number of H-pyrrole nitrogens is 1. The van der Waals surface area contributed by atoms with Crippen LogP contribution in [0.2, 0.25) is 0 Å². The summed E-state index contributed by atoms with van der Waals surface area (Å²) in [6, 6.07) is 7.98. The van der Waals surface area contributed by atoms with Gasteiger partial charge in [0.15, 0.2) is 0 Å². The first-order valence-corrected chi connectivity index (χ1v) is 12.1. The van der Waals surface area contributed by atoms with Crippen molar-refractivity contribution < 1.29 is 16.4 Å². The maximum absolute atomic E-state index is 14.8. The molecule has 0 spiro atoms. The Morgan fingerprint density at radius 3 is 2.67 bits per heavy atom. The molecule has 1 saturated heterocycles. The lowest BCUT2D eigenvalue weighted by Crippen LogP contribution is -2.41. The molecular formula is C22H23F2N3O2P. The van der Waals surface area contributed by atoms with Crippen LogP contribution >= 0.6 is 7.49 Å². The Balaban J connectivity index is 1.55. The van der Waals surface area contributed by atoms with Crippen LogP contribution in [0, 0.1) is 11.6 Å². The van der Waals surface area contributed by atoms with Crippen LogP contribution in [0.15, 0.2) is 41.2 Å². The molecule has 0 unspecified atom stereocenters. The van der Waals surface area contributed by atoms with E-state index in [0.29, 0.717) is 31.5 Å². The van der Waals surface area contributed by atoms with Gasteiger partial charge >= 0.3 is 0 Å². The first-order valence-electron chi connectivity index (χ1n) is 11.0. The molecule has 0 atom stereocenters. The van der Waals surface area contributed by atoms with E-state index >= 15 is 0 Å². The molecule has 0 bridgehead atoms. The van der Waals surface area contributed by atoms with Crippen LogP contribution in [0.5, 0.6) is 0 Å². The average Bonchev–Trinajstić information content (AvgIpc) is 3.60. The van der Waals surface area contributed by atoms with Gasteiger partial charge in [-0.15, -0.1) is 0 Å². The minimum absolute atomic E-state index is 0.0141. The maximum Gasteiger partial charge on any atom is 0.272 e. The lowest BCUT2D eigenvalue weighted by Gasteiger charge is -2.40. The quantitative estimate of drug-likeness (QED) is 0.623. The largest absolute Gasteiger partial charge is 0.375 e. The van der Waals surface area contributed by atoms with Crippen molar-refractivity contribution in [2.75, 3.05) is 25.4 Å². The molecular weight excluding hydrogens is 407 g/mol. The Hall–Kier alpha value is -2.21. The van der Waals surface area contributed by atoms with Crippen molar-refractivity contribution in [3.63, 3.8) is 0 Å². The predicted octanol–water partition coefficient (Wildman–Crippen LogP) is 2.82. The molecule has 1 saturated carbocycles. The van der Waals surface area contributed by atoms with E-state index < -0.39 is 31.1 Å². The topological polar surface area (TPSA) is 69.2 Å². The Morgan fingerprint density at radius 1 is 1.17 bits per heavy atom. The van der Waals surface area contributed by atoms with E-state index in [4.69, 9.17) is 2.74 Å². The number of halogens is 2. The molecule has 0 amide bonds. The van der Waals surface area contributed by atoms with E-state index in [2.05, 4.69) is 15.1 Å². The average molecular weight is 432 g/mol. The van der Waals surface area contributed by atoms with Crippen molar-refractivity contribution in [2.45, 2.75) is 25.3 Å². The number of rotatable bonds is 4. The van der Waals surface area contributed by atoms with E-state index in [1.54, 1.807) is 0 Å². The van der Waals surface area contributed by atoms with Gasteiger partial charge in [-0.3, -0.25) is 9.69 Å². The van der Waals surface area contributed by atoms with Gasteiger partial charge < -0.3 is 4.89 Å². The van der Waals surface area contributed by atoms with Gasteiger partial charge in [0.2, 0.25) is 0 Å². The van der Waals surface area contributed by atoms with Crippen LogP contribution in [0.1, 0.15) is 26.8 Å². The third-order valence-corrected chi connectivity index (χ3v) is 9.10. The summed E-state index contributed by atoms with van der Waals surface area (Å²) in [7, 11) is -2.76. The zero-order valence-corrected chi connectivity index (χ0v) is 17.1. The van der Waals surface area contributed by atoms with E-state index in [1.165, 1.54) is 37.1 Å². The lowest BCUT2D eigenvalue weighted by atomic mass is 10.0. The fourth-order valence-electron chi connectivity index (χ4n) is 4.14. The van der Waals surface area contributed by atoms with Gasteiger partial charge in [0.25, 0.3) is 5.56 Å². The molecule has 5 rings (SSSR count). The molecule has 1 aliphatic heterocycles. The van der Waals surface area contributed by atoms with Gasteiger partial charge in [0, 0.05) is 58.7 Å². The maximum atomic E-state index is 14.8. The number of hydrogen-bond donors (Lipinski definition) is 2. The number of fused-ring (bicyclic) bond motifs is 1. The van der Waals surface area contributed by atoms with Crippen LogP contribution in [0.3, 0.4) is 0 Å². The predicted molar refractivity (Wildman–Crippen MR) is 115 cm³/mol. The number of hydrogen-bond acceptors (Lipinski definition) is 4. The molecule has 2 fully saturated rings. The van der Waals surface area contributed by atoms with Gasteiger partial charge in [-0.05, 0) is 48.7 Å². The summed E-state index contributed by atoms with van der Waals surface area (Å²) in [6.07, 6.45) is 1.09. The van der Waals surface area contributed by atoms with E-state index in [-0.39, 0.29) is 27.3 Å². The molecule has 1 aliphatic carbocycles. The SMILES string of the molecule is [2H]C([2H])(c1ccc(F)c([P]2(O)CCN(C3CC3)CC2)c1)c1n[nH]c(=O)c2cc(F)ccc12. The monoisotopic (exact) mass is 432 g/mol. The van der Waals surface area contributed by atoms with E-state index in [1.807, 2.05) is 0 Å². The van der Waals surface area contributed by atoms with Crippen LogP contribution in [0.4, 0.5) is 8.78 Å². The van der Waals surface area contributed by atoms with Gasteiger partial charge in [-0.1, -0.05) is 6.07 Å². The van der Waals surface area contributed by atoms with Gasteiger partial charge in [0.05, 0.1) is 11.1 Å². The zero-order chi connectivity index (χ0) is 22.7. The second kappa shape index (κ2) is 7.49. The normalized spacial score (nSPS) is 20.8. The lowest BCUT2D eigenvalue weighted by molar-refractivity contribution is 0.282. The molecule has 2 aliphatic rings. The second-order valence-electron chi connectivity index (χ2n) is 8.02. The van der Waals surface area contributed by atoms with E-state index in [0.717, 1.165) is 12.1 Å². The molecule has 2 N–H and O–H groups in total. The minimum atomic E-state index is -2.76. The molecule has 8 heteroatoms. The third kappa shape index (κ3) is 3.66. The number of aromatic nitrogens is 2. The molecule has 2 heterocycles. The summed E-state index contributed by atoms with van der Waals surface area (Å²) >= 11 is 0. The van der Waals surface area contributed by atoms with Crippen LogP contribution in [-0.4, -0.2) is 51.4 Å². The zero-order valence-electron chi connectivity index (χ0n) is 18.2. The van der Waals surface area contributed by atoms with Crippen molar-refractivity contribution in [3.05, 3.63) is 69.6 Å². The molecule has 30 heavy (non-hydrogen) atoms. The first kappa shape index (κ1) is 17.5. The number of nitrogens with zero attached hydrogens (tertiary/aromatic N) is 2. The van der Waals surface area contributed by atoms with Crippen molar-refractivity contribution in [1.29, 1.82) is 0 Å². The minimum Gasteiger partial charge on any atom is -0.375 e. The number of aromatic amines is 1. The van der Waals surface area contributed by atoms with Gasteiger partial charge in [-0.2, -0.15) is 5.10 Å². The van der Waals surface area contributed by atoms with Gasteiger partial charge in [0.1, 0.15) is 11.6 Å². The Labute approximate surface area is 176 Å². The summed E-state index contributed by atoms with van der Waals surface area (Å²) in [5.74, 6) is -1.16. The highest BCUT2D eigenvalue weighted by atomic mass is 31.2. The number of nitrogens with one attached hydrogen (secondary N) is 1. The van der Waals surface area contributed by atoms with Crippen LogP contribution in [-0.2, 0) is 6.37 Å². The molecule has 5 nitrogen and oxygen atoms in total. The van der Waals surface area contributed by atoms with Crippen molar-refractivity contribution in [3.8, 4) is 0 Å². The fourth-order valence-corrected chi connectivity index (χ4v) is 6.87. The summed E-state index contributed by atoms with van der Waals surface area (Å²) < 4.78 is 46.0. The fraction of sp³-hybridized carbons (Fsp3) is 0.364. The molecule has 1 aromatic heterocycles. The molecule has 2 aromatic carbocycles. The van der Waals surface area contributed by atoms with Gasteiger partial charge in [-0.25, -0.2) is 13.9 Å². The molecule has 157 valence electrons. The van der Waals surface area contributed by atoms with E-state index in [9.17, 15) is 18.5 Å². The van der Waals surface area contributed by atoms with Crippen molar-refractivity contribution in [2.24, 2.45) is 0 Å². The highest BCUT2D eigenvalue weighted by molar-refractivity contribution is 7.77. The summed E-state index contributed by atoms with van der Waals surface area (Å²) in [5, 5.41) is 6.48. The standard InChI is InChI=1S/C22H23F2N3O2P/c23-15-2-5-17-18(13-15)22(28)26-25-20(17)11-14-1-6-19(24)21(12-14)30(29)9-7-27(8-10-30)16-3-4-16/h1-2,5-6,12-13,16,29H,3-4,7-11H2,(H,26,28)/i11D2. The van der Waals surface area contributed by atoms with Crippen LogP contribution < -0.4 is 10.9 Å². The van der Waals surface area contributed by atoms with Crippen LogP contribution in [0.25, 0.3) is 10.8 Å². The smallest absolute Gasteiger partial charge is 0.272 e. The molecule has 1 radical (unpaired) electrons. The van der Waals surface area contributed by atoms with Crippen molar-refractivity contribution in [1.82, 2.24) is 15.1 Å². The molecule has 3 aromatic rings. The highest BCUT2D eigenvalue weighted by Gasteiger charge is 2.39. The number of benzene rings is 2.